The first kappa shape index (κ1) is 14.5. The second-order valence-corrected chi connectivity index (χ2v) is 4.61. The number of aryl methyl sites for hydroxylation is 2. The van der Waals surface area contributed by atoms with E-state index in [4.69, 9.17) is 0 Å². The largest absolute Gasteiger partial charge is 0.438 e. The van der Waals surface area contributed by atoms with E-state index in [-0.39, 0.29) is 5.01 Å². The minimum atomic E-state index is -4.98. The molecule has 9 heteroatoms. The lowest BCUT2D eigenvalue weighted by Gasteiger charge is -2.32. The number of amides is 1. The van der Waals surface area contributed by atoms with Crippen LogP contribution in [0.5, 0.6) is 0 Å². The van der Waals surface area contributed by atoms with Crippen LogP contribution in [0.3, 0.4) is 0 Å². The molecule has 0 fully saturated rings. The van der Waals surface area contributed by atoms with Crippen LogP contribution in [0.1, 0.15) is 17.8 Å². The van der Waals surface area contributed by atoms with Crippen molar-refractivity contribution in [3.05, 3.63) is 17.5 Å². The molecule has 0 spiro atoms. The van der Waals surface area contributed by atoms with E-state index < -0.39 is 30.8 Å². The van der Waals surface area contributed by atoms with Crippen LogP contribution in [0.2, 0.25) is 0 Å². The van der Waals surface area contributed by atoms with Gasteiger partial charge in [0.2, 0.25) is 0 Å². The molecule has 0 bridgehead atoms. The minimum Gasteiger partial charge on any atom is -0.362 e. The van der Waals surface area contributed by atoms with Crippen LogP contribution >= 0.6 is 0 Å². The van der Waals surface area contributed by atoms with Gasteiger partial charge >= 0.3 is 6.18 Å². The molecule has 0 radical (unpaired) electrons. The fourth-order valence-corrected chi connectivity index (χ4v) is 1.97. The Hall–Kier alpha value is -1.90. The van der Waals surface area contributed by atoms with E-state index in [1.54, 1.807) is 19.9 Å². The maximum Gasteiger partial charge on any atom is 0.438 e. The van der Waals surface area contributed by atoms with Crippen molar-refractivity contribution < 1.29 is 23.1 Å². The zero-order chi connectivity index (χ0) is 15.1. The standard InChI is InChI=1S/C11H13F3N4O2/c1-7-5-8(2)17(16-7)6-9(19)18-10(20,3-4-15-18)11(12,13)14/h4-5,20H,3,6H2,1-2H3/t10-/m0/s1. The average Bonchev–Trinajstić information content (AvgIpc) is 2.83. The highest BCUT2D eigenvalue weighted by atomic mass is 19.4. The Labute approximate surface area is 112 Å². The normalized spacial score (nSPS) is 22.6. The molecule has 110 valence electrons. The van der Waals surface area contributed by atoms with Crippen LogP contribution in [-0.2, 0) is 11.3 Å². The molecule has 1 aromatic rings. The molecule has 1 aromatic heterocycles. The Bertz CT molecular complexity index is 567. The lowest BCUT2D eigenvalue weighted by atomic mass is 10.1. The molecule has 1 atom stereocenters. The van der Waals surface area contributed by atoms with E-state index in [9.17, 15) is 23.1 Å². The molecule has 6 nitrogen and oxygen atoms in total. The topological polar surface area (TPSA) is 70.7 Å². The SMILES string of the molecule is Cc1cc(C)n(CC(=O)N2N=CC[C@]2(O)C(F)(F)F)n1. The number of rotatable bonds is 2. The fourth-order valence-electron chi connectivity index (χ4n) is 1.97. The van der Waals surface area contributed by atoms with Crippen molar-refractivity contribution in [1.82, 2.24) is 14.8 Å². The predicted molar refractivity (Wildman–Crippen MR) is 62.7 cm³/mol. The number of carbonyl (C=O) groups excluding carboxylic acids is 1. The van der Waals surface area contributed by atoms with E-state index in [0.29, 0.717) is 11.4 Å². The third-order valence-corrected chi connectivity index (χ3v) is 3.00. The highest BCUT2D eigenvalue weighted by Crippen LogP contribution is 2.38. The van der Waals surface area contributed by atoms with Gasteiger partial charge in [0.05, 0.1) is 5.69 Å². The van der Waals surface area contributed by atoms with E-state index in [1.165, 1.54) is 4.68 Å². The molecule has 1 aliphatic rings. The predicted octanol–water partition coefficient (Wildman–Crippen LogP) is 0.969. The molecular weight excluding hydrogens is 277 g/mol. The number of alkyl halides is 3. The zero-order valence-electron chi connectivity index (χ0n) is 10.8. The second kappa shape index (κ2) is 4.58. The zero-order valence-corrected chi connectivity index (χ0v) is 10.8. The molecule has 2 heterocycles. The molecular formula is C11H13F3N4O2. The van der Waals surface area contributed by atoms with Gasteiger partial charge in [0.25, 0.3) is 11.6 Å². The van der Waals surface area contributed by atoms with Crippen molar-refractivity contribution in [1.29, 1.82) is 0 Å². The summed E-state index contributed by atoms with van der Waals surface area (Å²) < 4.78 is 39.8. The average molecular weight is 290 g/mol. The molecule has 2 rings (SSSR count). The van der Waals surface area contributed by atoms with Gasteiger partial charge in [-0.25, -0.2) is 0 Å². The summed E-state index contributed by atoms with van der Waals surface area (Å²) in [6.45, 7) is 2.96. The summed E-state index contributed by atoms with van der Waals surface area (Å²) >= 11 is 0. The number of hydrogen-bond donors (Lipinski definition) is 1. The van der Waals surface area contributed by atoms with Gasteiger partial charge in [0.1, 0.15) is 6.54 Å². The number of aliphatic hydroxyl groups is 1. The molecule has 0 unspecified atom stereocenters. The first-order valence-electron chi connectivity index (χ1n) is 5.81. The third kappa shape index (κ3) is 2.28. The number of carbonyl (C=O) groups is 1. The van der Waals surface area contributed by atoms with Crippen LogP contribution in [-0.4, -0.2) is 43.9 Å². The first-order chi connectivity index (χ1) is 9.15. The number of hydrazone groups is 1. The van der Waals surface area contributed by atoms with Crippen molar-refractivity contribution in [2.45, 2.75) is 38.7 Å². The van der Waals surface area contributed by atoms with Crippen molar-refractivity contribution in [2.75, 3.05) is 0 Å². The number of halogens is 3. The Morgan fingerprint density at radius 1 is 1.50 bits per heavy atom. The van der Waals surface area contributed by atoms with E-state index >= 15 is 0 Å². The van der Waals surface area contributed by atoms with Gasteiger partial charge < -0.3 is 5.11 Å². The summed E-state index contributed by atoms with van der Waals surface area (Å²) in [6, 6.07) is 1.69. The smallest absolute Gasteiger partial charge is 0.362 e. The van der Waals surface area contributed by atoms with Gasteiger partial charge in [-0.1, -0.05) is 0 Å². The van der Waals surface area contributed by atoms with Gasteiger partial charge in [0, 0.05) is 18.3 Å². The lowest BCUT2D eigenvalue weighted by Crippen LogP contribution is -2.57. The van der Waals surface area contributed by atoms with Gasteiger partial charge in [-0.15, -0.1) is 0 Å². The quantitative estimate of drug-likeness (QED) is 0.882. The molecule has 20 heavy (non-hydrogen) atoms. The van der Waals surface area contributed by atoms with Gasteiger partial charge in [-0.3, -0.25) is 9.48 Å². The second-order valence-electron chi connectivity index (χ2n) is 4.61. The summed E-state index contributed by atoms with van der Waals surface area (Å²) in [5, 5.41) is 17.0. The van der Waals surface area contributed by atoms with Gasteiger partial charge in [-0.05, 0) is 19.9 Å². The summed E-state index contributed by atoms with van der Waals surface area (Å²) in [4.78, 5) is 11.9. The molecule has 1 N–H and O–H groups in total. The summed E-state index contributed by atoms with van der Waals surface area (Å²) in [5.41, 5.74) is -2.00. The number of aromatic nitrogens is 2. The Morgan fingerprint density at radius 2 is 2.15 bits per heavy atom. The monoisotopic (exact) mass is 290 g/mol. The first-order valence-corrected chi connectivity index (χ1v) is 5.81. The summed E-state index contributed by atoms with van der Waals surface area (Å²) in [5.74, 6) is -0.982. The maximum absolute atomic E-state index is 12.8. The van der Waals surface area contributed by atoms with Crippen LogP contribution in [0.25, 0.3) is 0 Å². The van der Waals surface area contributed by atoms with E-state index in [2.05, 4.69) is 10.2 Å². The van der Waals surface area contributed by atoms with E-state index in [1.807, 2.05) is 0 Å². The van der Waals surface area contributed by atoms with Gasteiger partial charge in [-0.2, -0.15) is 28.4 Å². The minimum absolute atomic E-state index is 0.0729. The Kier molecular flexibility index (Phi) is 3.32. The van der Waals surface area contributed by atoms with Crippen molar-refractivity contribution in [3.63, 3.8) is 0 Å². The highest BCUT2D eigenvalue weighted by molar-refractivity contribution is 5.80. The highest BCUT2D eigenvalue weighted by Gasteiger charge is 2.61. The molecule has 1 amide bonds. The molecule has 0 aromatic carbocycles. The lowest BCUT2D eigenvalue weighted by molar-refractivity contribution is -0.302. The van der Waals surface area contributed by atoms with Crippen LogP contribution in [0, 0.1) is 13.8 Å². The van der Waals surface area contributed by atoms with Crippen molar-refractivity contribution >= 4 is 12.1 Å². The summed E-state index contributed by atoms with van der Waals surface area (Å²) in [6.07, 6.45) is -4.89. The van der Waals surface area contributed by atoms with Crippen molar-refractivity contribution in [3.8, 4) is 0 Å². The number of nitrogens with zero attached hydrogens (tertiary/aromatic N) is 4. The van der Waals surface area contributed by atoms with Crippen LogP contribution < -0.4 is 0 Å². The molecule has 1 aliphatic heterocycles. The van der Waals surface area contributed by atoms with Crippen LogP contribution in [0.4, 0.5) is 13.2 Å². The molecule has 0 saturated carbocycles. The maximum atomic E-state index is 12.8. The molecule has 0 aliphatic carbocycles. The Morgan fingerprint density at radius 3 is 2.65 bits per heavy atom. The summed E-state index contributed by atoms with van der Waals surface area (Å²) in [7, 11) is 0. The third-order valence-electron chi connectivity index (χ3n) is 3.00. The number of hydrogen-bond acceptors (Lipinski definition) is 4. The van der Waals surface area contributed by atoms with Crippen molar-refractivity contribution in [2.24, 2.45) is 5.10 Å². The molecule has 0 saturated heterocycles. The van der Waals surface area contributed by atoms with E-state index in [0.717, 1.165) is 6.21 Å². The Balaban J connectivity index is 2.21. The van der Waals surface area contributed by atoms with Gasteiger partial charge in [0.15, 0.2) is 0 Å². The van der Waals surface area contributed by atoms with Crippen LogP contribution in [0.15, 0.2) is 11.2 Å². The fraction of sp³-hybridized carbons (Fsp3) is 0.545.